The van der Waals surface area contributed by atoms with Crippen LogP contribution in [0.25, 0.3) is 0 Å². The Morgan fingerprint density at radius 1 is 1.06 bits per heavy atom. The molecule has 0 aliphatic heterocycles. The molecule has 17 heavy (non-hydrogen) atoms. The molecule has 0 unspecified atom stereocenters. The Kier molecular flexibility index (Phi) is 5.30. The summed E-state index contributed by atoms with van der Waals surface area (Å²) < 4.78 is 42.4. The van der Waals surface area contributed by atoms with Gasteiger partial charge in [-0.05, 0) is 6.07 Å². The van der Waals surface area contributed by atoms with Gasteiger partial charge in [0.1, 0.15) is 21.4 Å². The molecule has 93 valence electrons. The van der Waals surface area contributed by atoms with Gasteiger partial charge in [-0.3, -0.25) is 4.79 Å². The number of hydrogen-bond donors (Lipinski definition) is 2. The van der Waals surface area contributed by atoms with Crippen LogP contribution in [-0.4, -0.2) is 34.1 Å². The Bertz CT molecular complexity index is 491. The Hall–Kier alpha value is -1.21. The molecule has 5 nitrogen and oxygen atoms in total. The summed E-state index contributed by atoms with van der Waals surface area (Å²) in [6, 6.07) is 8.70. The van der Waals surface area contributed by atoms with Crippen LogP contribution in [0, 0.1) is 12.0 Å². The van der Waals surface area contributed by atoms with Crippen LogP contribution >= 0.6 is 0 Å². The Morgan fingerprint density at radius 3 is 1.94 bits per heavy atom. The Labute approximate surface area is 102 Å². The van der Waals surface area contributed by atoms with Crippen LogP contribution in [0.1, 0.15) is 10.4 Å². The van der Waals surface area contributed by atoms with Gasteiger partial charge in [-0.15, -0.1) is 0 Å². The molecule has 0 aromatic heterocycles. The summed E-state index contributed by atoms with van der Waals surface area (Å²) in [6.07, 6.45) is 0. The van der Waals surface area contributed by atoms with E-state index in [1.807, 2.05) is 0 Å². The summed E-state index contributed by atoms with van der Waals surface area (Å²) in [5.74, 6) is -2.40. The van der Waals surface area contributed by atoms with E-state index in [2.05, 4.69) is 6.07 Å². The average Bonchev–Trinajstić information content (AvgIpc) is 2.27. The lowest BCUT2D eigenvalue weighted by Crippen LogP contribution is -2.24. The molecular weight excluding hydrogens is 264 g/mol. The molecule has 1 aromatic rings. The van der Waals surface area contributed by atoms with E-state index in [0.29, 0.717) is 5.56 Å². The first-order valence-electron chi connectivity index (χ1n) is 4.74. The fourth-order valence-corrected chi connectivity index (χ4v) is 2.88. The van der Waals surface area contributed by atoms with Crippen molar-refractivity contribution < 1.29 is 21.6 Å². The molecular formula is C10H11O5S2. The maximum atomic E-state index is 11.9. The third kappa shape index (κ3) is 4.66. The summed E-state index contributed by atoms with van der Waals surface area (Å²) in [7, 11) is -5.58. The lowest BCUT2D eigenvalue weighted by atomic mass is 10.0. The zero-order valence-corrected chi connectivity index (χ0v) is 10.5. The first-order chi connectivity index (χ1) is 8.00. The van der Waals surface area contributed by atoms with Crippen molar-refractivity contribution in [1.29, 1.82) is 0 Å². The molecule has 0 aliphatic rings. The van der Waals surface area contributed by atoms with Crippen molar-refractivity contribution in [2.75, 3.05) is 11.5 Å². The summed E-state index contributed by atoms with van der Waals surface area (Å²) in [5, 5.41) is 0. The summed E-state index contributed by atoms with van der Waals surface area (Å²) in [5.41, 5.74) is 0.294. The minimum atomic E-state index is -2.79. The van der Waals surface area contributed by atoms with Crippen molar-refractivity contribution in [2.24, 2.45) is 5.92 Å². The maximum absolute atomic E-state index is 11.9. The quantitative estimate of drug-likeness (QED) is 0.540. The second-order valence-corrected chi connectivity index (χ2v) is 5.44. The number of hydrogen-bond acceptors (Lipinski definition) is 5. The van der Waals surface area contributed by atoms with Gasteiger partial charge in [0, 0.05) is 11.5 Å². The summed E-state index contributed by atoms with van der Waals surface area (Å²) >= 11 is 0. The van der Waals surface area contributed by atoms with Crippen molar-refractivity contribution in [3.05, 3.63) is 35.9 Å². The molecule has 0 N–H and O–H groups in total. The average molecular weight is 275 g/mol. The molecule has 7 heteroatoms. The maximum Gasteiger partial charge on any atom is 0.167 e. The molecule has 0 amide bonds. The fraction of sp³-hybridized carbons (Fsp3) is 0.300. The number of Topliss-reactive ketones (excluding diaryl/α,β-unsaturated/α-hetero) is 1. The van der Waals surface area contributed by atoms with Crippen LogP contribution in [0.2, 0.25) is 0 Å². The van der Waals surface area contributed by atoms with Crippen molar-refractivity contribution >= 4 is 27.2 Å². The van der Waals surface area contributed by atoms with E-state index >= 15 is 0 Å². The molecule has 0 fully saturated rings. The van der Waals surface area contributed by atoms with Crippen LogP contribution in [0.4, 0.5) is 0 Å². The predicted molar refractivity (Wildman–Crippen MR) is 63.5 cm³/mol. The van der Waals surface area contributed by atoms with E-state index in [-0.39, 0.29) is 0 Å². The van der Waals surface area contributed by atoms with Gasteiger partial charge in [-0.25, -0.2) is 16.8 Å². The highest BCUT2D eigenvalue weighted by molar-refractivity contribution is 7.73. The molecule has 0 spiro atoms. The SMILES string of the molecule is O=C(c1cc[c]cc1)C(C[SH](=O)=O)C[SH](=O)=O. The molecule has 0 aliphatic carbocycles. The number of rotatable bonds is 6. The minimum absolute atomic E-state index is 0.294. The number of carbonyl (C=O) groups is 1. The smallest absolute Gasteiger partial charge is 0.167 e. The third-order valence-electron chi connectivity index (χ3n) is 2.11. The largest absolute Gasteiger partial charge is 0.294 e. The van der Waals surface area contributed by atoms with Crippen molar-refractivity contribution in [3.63, 3.8) is 0 Å². The van der Waals surface area contributed by atoms with Gasteiger partial charge < -0.3 is 0 Å². The van der Waals surface area contributed by atoms with E-state index in [9.17, 15) is 21.6 Å². The summed E-state index contributed by atoms with van der Waals surface area (Å²) in [4.78, 5) is 11.9. The standard InChI is InChI=1S/C10H11O5S2/c11-10(8-4-2-1-3-5-8)9(6-16(12)13)7-17(14)15/h2-5,9,16-17H,6-7H2. The van der Waals surface area contributed by atoms with Gasteiger partial charge in [-0.2, -0.15) is 0 Å². The zero-order chi connectivity index (χ0) is 12.8. The van der Waals surface area contributed by atoms with Gasteiger partial charge in [-0.1, -0.05) is 24.3 Å². The molecule has 1 rings (SSSR count). The Morgan fingerprint density at radius 2 is 1.53 bits per heavy atom. The first-order valence-corrected chi connectivity index (χ1v) is 7.47. The van der Waals surface area contributed by atoms with Gasteiger partial charge in [0.05, 0.1) is 11.5 Å². The highest BCUT2D eigenvalue weighted by Crippen LogP contribution is 2.09. The number of thiol groups is 2. The van der Waals surface area contributed by atoms with Gasteiger partial charge in [0.15, 0.2) is 5.78 Å². The number of benzene rings is 1. The van der Waals surface area contributed by atoms with Crippen molar-refractivity contribution in [1.82, 2.24) is 0 Å². The Balaban J connectivity index is 2.94. The molecule has 0 heterocycles. The van der Waals surface area contributed by atoms with E-state index < -0.39 is 44.6 Å². The molecule has 1 aromatic carbocycles. The normalized spacial score (nSPS) is 11.2. The van der Waals surface area contributed by atoms with Gasteiger partial charge >= 0.3 is 0 Å². The lowest BCUT2D eigenvalue weighted by molar-refractivity contribution is 0.0942. The van der Waals surface area contributed by atoms with E-state index in [0.717, 1.165) is 0 Å². The topological polar surface area (TPSA) is 85.3 Å². The molecule has 0 saturated carbocycles. The van der Waals surface area contributed by atoms with Crippen LogP contribution < -0.4 is 0 Å². The molecule has 0 saturated heterocycles. The third-order valence-corrected chi connectivity index (χ3v) is 3.59. The second-order valence-electron chi connectivity index (χ2n) is 3.38. The molecule has 0 atom stereocenters. The number of ketones is 1. The van der Waals surface area contributed by atoms with Gasteiger partial charge in [0.25, 0.3) is 0 Å². The highest BCUT2D eigenvalue weighted by Gasteiger charge is 2.21. The van der Waals surface area contributed by atoms with Crippen molar-refractivity contribution in [3.8, 4) is 0 Å². The van der Waals surface area contributed by atoms with E-state index in [1.54, 1.807) is 0 Å². The fourth-order valence-electron chi connectivity index (χ4n) is 1.37. The number of carbonyl (C=O) groups excluding carboxylic acids is 1. The van der Waals surface area contributed by atoms with Crippen LogP contribution in [-0.2, 0) is 21.4 Å². The van der Waals surface area contributed by atoms with E-state index in [4.69, 9.17) is 0 Å². The summed E-state index contributed by atoms with van der Waals surface area (Å²) in [6.45, 7) is 0. The van der Waals surface area contributed by atoms with Crippen LogP contribution in [0.15, 0.2) is 24.3 Å². The molecule has 0 bridgehead atoms. The second kappa shape index (κ2) is 6.51. The van der Waals surface area contributed by atoms with Crippen LogP contribution in [0.3, 0.4) is 0 Å². The van der Waals surface area contributed by atoms with Gasteiger partial charge in [0.2, 0.25) is 0 Å². The monoisotopic (exact) mass is 275 g/mol. The minimum Gasteiger partial charge on any atom is -0.294 e. The predicted octanol–water partition coefficient (Wildman–Crippen LogP) is -0.492. The zero-order valence-electron chi connectivity index (χ0n) is 8.74. The van der Waals surface area contributed by atoms with Crippen molar-refractivity contribution in [2.45, 2.75) is 0 Å². The highest BCUT2D eigenvalue weighted by atomic mass is 32.2. The first kappa shape index (κ1) is 13.9. The van der Waals surface area contributed by atoms with E-state index in [1.165, 1.54) is 24.3 Å². The molecule has 1 radical (unpaired) electrons. The van der Waals surface area contributed by atoms with Crippen LogP contribution in [0.5, 0.6) is 0 Å². The lowest BCUT2D eigenvalue weighted by Gasteiger charge is -2.09.